The van der Waals surface area contributed by atoms with Crippen molar-refractivity contribution in [1.29, 1.82) is 0 Å². The van der Waals surface area contributed by atoms with Crippen LogP contribution in [0.25, 0.3) is 0 Å². The fourth-order valence-electron chi connectivity index (χ4n) is 0.921. The zero-order valence-corrected chi connectivity index (χ0v) is 7.57. The summed E-state index contributed by atoms with van der Waals surface area (Å²) in [6.07, 6.45) is 2.59. The van der Waals surface area contributed by atoms with Crippen molar-refractivity contribution >= 4 is 23.2 Å². The molecule has 0 radical (unpaired) electrons. The highest BCUT2D eigenvalue weighted by Crippen LogP contribution is 2.09. The zero-order chi connectivity index (χ0) is 8.10. The molecule has 0 aliphatic rings. The van der Waals surface area contributed by atoms with E-state index in [2.05, 4.69) is 4.98 Å². The van der Waals surface area contributed by atoms with E-state index in [1.54, 1.807) is 6.20 Å². The molecule has 0 fully saturated rings. The fourth-order valence-corrected chi connectivity index (χ4v) is 1.37. The summed E-state index contributed by atoms with van der Waals surface area (Å²) < 4.78 is 0. The second-order valence-electron chi connectivity index (χ2n) is 2.18. The zero-order valence-electron chi connectivity index (χ0n) is 6.06. The molecule has 11 heavy (non-hydrogen) atoms. The van der Waals surface area contributed by atoms with E-state index < -0.39 is 0 Å². The minimum atomic E-state index is 0.465. The largest absolute Gasteiger partial charge is 0.260 e. The average Bonchev–Trinajstić information content (AvgIpc) is 2.06. The number of rotatable bonds is 3. The van der Waals surface area contributed by atoms with Gasteiger partial charge in [-0.2, -0.15) is 0 Å². The molecule has 0 unspecified atom stereocenters. The van der Waals surface area contributed by atoms with Gasteiger partial charge in [-0.1, -0.05) is 6.07 Å². The lowest BCUT2D eigenvalue weighted by Crippen LogP contribution is -1.95. The number of nitrogens with zero attached hydrogens (tertiary/aromatic N) is 1. The van der Waals surface area contributed by atoms with E-state index in [4.69, 9.17) is 23.2 Å². The lowest BCUT2D eigenvalue weighted by Gasteiger charge is -2.01. The molecule has 3 heteroatoms. The van der Waals surface area contributed by atoms with E-state index in [1.165, 1.54) is 0 Å². The van der Waals surface area contributed by atoms with Gasteiger partial charge in [-0.25, -0.2) is 0 Å². The van der Waals surface area contributed by atoms with E-state index in [-0.39, 0.29) is 0 Å². The van der Waals surface area contributed by atoms with Crippen LogP contribution in [0.1, 0.15) is 11.3 Å². The highest BCUT2D eigenvalue weighted by atomic mass is 35.5. The minimum Gasteiger partial charge on any atom is -0.260 e. The van der Waals surface area contributed by atoms with Crippen molar-refractivity contribution in [2.45, 2.75) is 12.3 Å². The van der Waals surface area contributed by atoms with Crippen molar-refractivity contribution in [3.63, 3.8) is 0 Å². The Kier molecular flexibility index (Phi) is 3.67. The molecule has 1 rings (SSSR count). The number of hydrogen-bond acceptors (Lipinski definition) is 1. The van der Waals surface area contributed by atoms with E-state index in [9.17, 15) is 0 Å². The Morgan fingerprint density at radius 2 is 2.18 bits per heavy atom. The van der Waals surface area contributed by atoms with Crippen LogP contribution in [-0.2, 0) is 12.3 Å². The van der Waals surface area contributed by atoms with Crippen molar-refractivity contribution < 1.29 is 0 Å². The normalized spacial score (nSPS) is 10.0. The average molecular weight is 190 g/mol. The van der Waals surface area contributed by atoms with Crippen LogP contribution in [0.4, 0.5) is 0 Å². The molecular formula is C8H9Cl2N. The Balaban J connectivity index is 2.83. The van der Waals surface area contributed by atoms with Gasteiger partial charge in [0.15, 0.2) is 0 Å². The Labute approximate surface area is 76.4 Å². The maximum atomic E-state index is 5.66. The lowest BCUT2D eigenvalue weighted by atomic mass is 10.1. The molecule has 0 atom stereocenters. The van der Waals surface area contributed by atoms with Gasteiger partial charge in [0.2, 0.25) is 0 Å². The molecule has 0 aliphatic heterocycles. The maximum Gasteiger partial charge on any atom is 0.0650 e. The van der Waals surface area contributed by atoms with Gasteiger partial charge in [-0.3, -0.25) is 4.98 Å². The summed E-state index contributed by atoms with van der Waals surface area (Å²) in [5.41, 5.74) is 2.09. The third kappa shape index (κ3) is 2.35. The van der Waals surface area contributed by atoms with Gasteiger partial charge in [-0.05, 0) is 18.1 Å². The number of alkyl halides is 2. The number of aromatic nitrogens is 1. The number of hydrogen-bond donors (Lipinski definition) is 0. The molecule has 1 nitrogen and oxygen atoms in total. The Bertz CT molecular complexity index is 225. The molecule has 0 spiro atoms. The van der Waals surface area contributed by atoms with E-state index in [0.717, 1.165) is 17.7 Å². The molecule has 0 aromatic carbocycles. The monoisotopic (exact) mass is 189 g/mol. The Hall–Kier alpha value is -0.270. The number of halogens is 2. The predicted molar refractivity (Wildman–Crippen MR) is 48.2 cm³/mol. The minimum absolute atomic E-state index is 0.465. The fraction of sp³-hybridized carbons (Fsp3) is 0.375. The summed E-state index contributed by atoms with van der Waals surface area (Å²) in [6, 6.07) is 3.91. The molecular weight excluding hydrogens is 181 g/mol. The van der Waals surface area contributed by atoms with Crippen molar-refractivity contribution in [2.24, 2.45) is 0 Å². The predicted octanol–water partition coefficient (Wildman–Crippen LogP) is 2.60. The van der Waals surface area contributed by atoms with Crippen molar-refractivity contribution in [3.8, 4) is 0 Å². The van der Waals surface area contributed by atoms with Gasteiger partial charge in [0.1, 0.15) is 0 Å². The van der Waals surface area contributed by atoms with Gasteiger partial charge < -0.3 is 0 Å². The van der Waals surface area contributed by atoms with Crippen LogP contribution in [0, 0.1) is 0 Å². The number of aryl methyl sites for hydroxylation is 1. The SMILES string of the molecule is ClCCc1cccnc1CCl. The molecule has 0 bridgehead atoms. The third-order valence-corrected chi connectivity index (χ3v) is 1.92. The first-order valence-corrected chi connectivity index (χ1v) is 4.50. The highest BCUT2D eigenvalue weighted by molar-refractivity contribution is 6.18. The van der Waals surface area contributed by atoms with Crippen LogP contribution < -0.4 is 0 Å². The standard InChI is InChI=1S/C8H9Cl2N/c9-4-3-7-2-1-5-11-8(7)6-10/h1-2,5H,3-4,6H2. The molecule has 1 aromatic heterocycles. The van der Waals surface area contributed by atoms with Crippen LogP contribution in [0.2, 0.25) is 0 Å². The summed E-state index contributed by atoms with van der Waals surface area (Å²) in [5.74, 6) is 1.09. The molecule has 1 aromatic rings. The summed E-state index contributed by atoms with van der Waals surface area (Å²) >= 11 is 11.3. The summed E-state index contributed by atoms with van der Waals surface area (Å²) in [4.78, 5) is 4.13. The van der Waals surface area contributed by atoms with Crippen LogP contribution >= 0.6 is 23.2 Å². The molecule has 0 aliphatic carbocycles. The number of pyridine rings is 1. The molecule has 0 amide bonds. The van der Waals surface area contributed by atoms with Crippen molar-refractivity contribution in [2.75, 3.05) is 5.88 Å². The van der Waals surface area contributed by atoms with Crippen molar-refractivity contribution in [3.05, 3.63) is 29.6 Å². The first kappa shape index (κ1) is 8.82. The second kappa shape index (κ2) is 4.58. The van der Waals surface area contributed by atoms with Gasteiger partial charge in [-0.15, -0.1) is 23.2 Å². The van der Waals surface area contributed by atoms with Gasteiger partial charge >= 0.3 is 0 Å². The molecule has 0 saturated carbocycles. The van der Waals surface area contributed by atoms with E-state index >= 15 is 0 Å². The van der Waals surface area contributed by atoms with E-state index in [0.29, 0.717) is 11.8 Å². The summed E-state index contributed by atoms with van der Waals surface area (Å²) in [7, 11) is 0. The van der Waals surface area contributed by atoms with Gasteiger partial charge in [0.05, 0.1) is 11.6 Å². The molecule has 60 valence electrons. The molecule has 1 heterocycles. The van der Waals surface area contributed by atoms with Crippen LogP contribution in [0.3, 0.4) is 0 Å². The first-order chi connectivity index (χ1) is 5.38. The summed E-state index contributed by atoms with van der Waals surface area (Å²) in [5, 5.41) is 0. The maximum absolute atomic E-state index is 5.66. The Morgan fingerprint density at radius 1 is 1.36 bits per heavy atom. The quantitative estimate of drug-likeness (QED) is 0.667. The molecule has 0 N–H and O–H groups in total. The topological polar surface area (TPSA) is 12.9 Å². The van der Waals surface area contributed by atoms with Gasteiger partial charge in [0, 0.05) is 12.1 Å². The van der Waals surface area contributed by atoms with Crippen LogP contribution in [0.5, 0.6) is 0 Å². The van der Waals surface area contributed by atoms with Crippen LogP contribution in [0.15, 0.2) is 18.3 Å². The van der Waals surface area contributed by atoms with Crippen molar-refractivity contribution in [1.82, 2.24) is 4.98 Å². The second-order valence-corrected chi connectivity index (χ2v) is 2.83. The van der Waals surface area contributed by atoms with Crippen LogP contribution in [-0.4, -0.2) is 10.9 Å². The first-order valence-electron chi connectivity index (χ1n) is 3.43. The summed E-state index contributed by atoms with van der Waals surface area (Å²) in [6.45, 7) is 0. The molecule has 0 saturated heterocycles. The lowest BCUT2D eigenvalue weighted by molar-refractivity contribution is 1.04. The Morgan fingerprint density at radius 3 is 2.82 bits per heavy atom. The van der Waals surface area contributed by atoms with Gasteiger partial charge in [0.25, 0.3) is 0 Å². The van der Waals surface area contributed by atoms with E-state index in [1.807, 2.05) is 12.1 Å². The third-order valence-electron chi connectivity index (χ3n) is 1.47. The highest BCUT2D eigenvalue weighted by Gasteiger charge is 1.99. The smallest absolute Gasteiger partial charge is 0.0650 e.